The number of pyridine rings is 1. The molecule has 0 fully saturated rings. The van der Waals surface area contributed by atoms with Gasteiger partial charge in [-0.15, -0.1) is 0 Å². The maximum absolute atomic E-state index is 12.6. The van der Waals surface area contributed by atoms with Crippen LogP contribution in [-0.4, -0.2) is 23.7 Å². The fraction of sp³-hybridized carbons (Fsp3) is 0.375. The summed E-state index contributed by atoms with van der Waals surface area (Å²) in [7, 11) is 1.70. The second-order valence-corrected chi connectivity index (χ2v) is 2.46. The standard InChI is InChI=1S/C8H11FN2O/c1-10-8(5-12)6-2-7(9)4-11-3-6/h2-4,8,10,12H,5H2,1H3. The van der Waals surface area contributed by atoms with E-state index >= 15 is 0 Å². The van der Waals surface area contributed by atoms with Gasteiger partial charge in [0, 0.05) is 6.20 Å². The number of halogens is 1. The molecule has 1 aromatic rings. The minimum atomic E-state index is -0.388. The molecule has 0 saturated carbocycles. The van der Waals surface area contributed by atoms with Gasteiger partial charge in [0.05, 0.1) is 18.8 Å². The van der Waals surface area contributed by atoms with Crippen LogP contribution >= 0.6 is 0 Å². The highest BCUT2D eigenvalue weighted by Gasteiger charge is 2.07. The van der Waals surface area contributed by atoms with Gasteiger partial charge in [0.1, 0.15) is 5.82 Å². The van der Waals surface area contributed by atoms with Crippen molar-refractivity contribution < 1.29 is 9.50 Å². The van der Waals surface area contributed by atoms with E-state index in [-0.39, 0.29) is 18.5 Å². The number of likely N-dealkylation sites (N-methyl/N-ethyl adjacent to an activating group) is 1. The van der Waals surface area contributed by atoms with Crippen molar-refractivity contribution >= 4 is 0 Å². The Balaban J connectivity index is 2.85. The van der Waals surface area contributed by atoms with Crippen LogP contribution in [0.3, 0.4) is 0 Å². The molecule has 0 saturated heterocycles. The van der Waals surface area contributed by atoms with E-state index in [1.807, 2.05) is 0 Å². The molecule has 0 amide bonds. The van der Waals surface area contributed by atoms with Gasteiger partial charge in [0.2, 0.25) is 0 Å². The molecule has 0 aliphatic rings. The van der Waals surface area contributed by atoms with Crippen LogP contribution in [0.15, 0.2) is 18.5 Å². The lowest BCUT2D eigenvalue weighted by molar-refractivity contribution is 0.250. The van der Waals surface area contributed by atoms with Crippen LogP contribution in [0.4, 0.5) is 4.39 Å². The number of nitrogens with zero attached hydrogens (tertiary/aromatic N) is 1. The van der Waals surface area contributed by atoms with E-state index in [0.29, 0.717) is 5.56 Å². The molecule has 0 aliphatic carbocycles. The maximum atomic E-state index is 12.6. The average Bonchev–Trinajstić information content (AvgIpc) is 2.07. The molecule has 0 aliphatic heterocycles. The molecule has 4 heteroatoms. The Hall–Kier alpha value is -1.00. The van der Waals surface area contributed by atoms with Gasteiger partial charge in [-0.05, 0) is 18.7 Å². The lowest BCUT2D eigenvalue weighted by atomic mass is 10.1. The van der Waals surface area contributed by atoms with E-state index in [2.05, 4.69) is 10.3 Å². The molecular weight excluding hydrogens is 159 g/mol. The summed E-state index contributed by atoms with van der Waals surface area (Å²) in [5.41, 5.74) is 0.653. The van der Waals surface area contributed by atoms with Crippen molar-refractivity contribution in [3.05, 3.63) is 29.8 Å². The van der Waals surface area contributed by atoms with Crippen LogP contribution < -0.4 is 5.32 Å². The summed E-state index contributed by atoms with van der Waals surface area (Å²) in [6.45, 7) is -0.0678. The third kappa shape index (κ3) is 1.99. The number of rotatable bonds is 3. The molecule has 3 nitrogen and oxygen atoms in total. The zero-order chi connectivity index (χ0) is 8.97. The van der Waals surface area contributed by atoms with Crippen LogP contribution in [0, 0.1) is 5.82 Å². The number of aromatic nitrogens is 1. The second kappa shape index (κ2) is 4.13. The SMILES string of the molecule is CNC(CO)c1cncc(F)c1. The monoisotopic (exact) mass is 170 g/mol. The Labute approximate surface area is 70.3 Å². The summed E-state index contributed by atoms with van der Waals surface area (Å²) < 4.78 is 12.6. The summed E-state index contributed by atoms with van der Waals surface area (Å²) >= 11 is 0. The van der Waals surface area contributed by atoms with Crippen LogP contribution in [0.25, 0.3) is 0 Å². The molecule has 1 rings (SSSR count). The Kier molecular flexibility index (Phi) is 3.13. The molecule has 66 valence electrons. The highest BCUT2D eigenvalue weighted by molar-refractivity contribution is 5.14. The van der Waals surface area contributed by atoms with Crippen LogP contribution in [-0.2, 0) is 0 Å². The summed E-state index contributed by atoms with van der Waals surface area (Å²) in [4.78, 5) is 3.67. The zero-order valence-electron chi connectivity index (χ0n) is 6.79. The largest absolute Gasteiger partial charge is 0.394 e. The molecular formula is C8H11FN2O. The van der Waals surface area contributed by atoms with Crippen molar-refractivity contribution in [3.8, 4) is 0 Å². The van der Waals surface area contributed by atoms with E-state index in [9.17, 15) is 4.39 Å². The maximum Gasteiger partial charge on any atom is 0.141 e. The number of aliphatic hydroxyl groups excluding tert-OH is 1. The van der Waals surface area contributed by atoms with Crippen molar-refractivity contribution in [1.82, 2.24) is 10.3 Å². The molecule has 0 aromatic carbocycles. The Morgan fingerprint density at radius 3 is 2.92 bits per heavy atom. The van der Waals surface area contributed by atoms with E-state index in [4.69, 9.17) is 5.11 Å². The van der Waals surface area contributed by atoms with Gasteiger partial charge in [0.25, 0.3) is 0 Å². The molecule has 1 unspecified atom stereocenters. The number of hydrogen-bond acceptors (Lipinski definition) is 3. The molecule has 1 atom stereocenters. The van der Waals surface area contributed by atoms with E-state index < -0.39 is 0 Å². The predicted octanol–water partition coefficient (Wildman–Crippen LogP) is 0.474. The van der Waals surface area contributed by atoms with Gasteiger partial charge in [-0.2, -0.15) is 0 Å². The van der Waals surface area contributed by atoms with Crippen molar-refractivity contribution in [2.45, 2.75) is 6.04 Å². The summed E-state index contributed by atoms with van der Waals surface area (Å²) in [5.74, 6) is -0.388. The van der Waals surface area contributed by atoms with Gasteiger partial charge >= 0.3 is 0 Å². The van der Waals surface area contributed by atoms with Crippen molar-refractivity contribution in [2.75, 3.05) is 13.7 Å². The second-order valence-electron chi connectivity index (χ2n) is 2.46. The Bertz CT molecular complexity index is 251. The minimum Gasteiger partial charge on any atom is -0.394 e. The fourth-order valence-electron chi connectivity index (χ4n) is 0.982. The summed E-state index contributed by atoms with van der Waals surface area (Å²) in [6, 6.07) is 1.11. The molecule has 2 N–H and O–H groups in total. The first-order valence-corrected chi connectivity index (χ1v) is 3.66. The van der Waals surface area contributed by atoms with Crippen molar-refractivity contribution in [2.24, 2.45) is 0 Å². The van der Waals surface area contributed by atoms with Gasteiger partial charge < -0.3 is 10.4 Å². The average molecular weight is 170 g/mol. The molecule has 0 bridgehead atoms. The smallest absolute Gasteiger partial charge is 0.141 e. The number of hydrogen-bond donors (Lipinski definition) is 2. The van der Waals surface area contributed by atoms with Crippen LogP contribution in [0.2, 0.25) is 0 Å². The zero-order valence-corrected chi connectivity index (χ0v) is 6.79. The van der Waals surface area contributed by atoms with Crippen molar-refractivity contribution in [3.63, 3.8) is 0 Å². The number of aliphatic hydroxyl groups is 1. The third-order valence-electron chi connectivity index (χ3n) is 1.66. The third-order valence-corrected chi connectivity index (χ3v) is 1.66. The summed E-state index contributed by atoms with van der Waals surface area (Å²) in [5, 5.41) is 11.7. The van der Waals surface area contributed by atoms with E-state index in [1.54, 1.807) is 7.05 Å². The lowest BCUT2D eigenvalue weighted by Gasteiger charge is -2.12. The normalized spacial score (nSPS) is 12.9. The van der Waals surface area contributed by atoms with Gasteiger partial charge in [0.15, 0.2) is 0 Å². The lowest BCUT2D eigenvalue weighted by Crippen LogP contribution is -2.20. The molecule has 1 heterocycles. The molecule has 12 heavy (non-hydrogen) atoms. The minimum absolute atomic E-state index is 0.0678. The predicted molar refractivity (Wildman–Crippen MR) is 43.1 cm³/mol. The van der Waals surface area contributed by atoms with Gasteiger partial charge in [-0.1, -0.05) is 0 Å². The summed E-state index contributed by atoms with van der Waals surface area (Å²) in [6.07, 6.45) is 2.66. The van der Waals surface area contributed by atoms with Gasteiger partial charge in [-0.3, -0.25) is 4.98 Å². The Morgan fingerprint density at radius 2 is 2.42 bits per heavy atom. The highest BCUT2D eigenvalue weighted by Crippen LogP contribution is 2.10. The quantitative estimate of drug-likeness (QED) is 0.693. The van der Waals surface area contributed by atoms with E-state index in [0.717, 1.165) is 6.20 Å². The highest BCUT2D eigenvalue weighted by atomic mass is 19.1. The molecule has 1 aromatic heterocycles. The fourth-order valence-corrected chi connectivity index (χ4v) is 0.982. The first-order valence-electron chi connectivity index (χ1n) is 3.66. The topological polar surface area (TPSA) is 45.1 Å². The van der Waals surface area contributed by atoms with Crippen molar-refractivity contribution in [1.29, 1.82) is 0 Å². The van der Waals surface area contributed by atoms with Crippen LogP contribution in [0.1, 0.15) is 11.6 Å². The van der Waals surface area contributed by atoms with Gasteiger partial charge in [-0.25, -0.2) is 4.39 Å². The first kappa shape index (κ1) is 9.09. The Morgan fingerprint density at radius 1 is 1.67 bits per heavy atom. The molecule has 0 spiro atoms. The van der Waals surface area contributed by atoms with Crippen LogP contribution in [0.5, 0.6) is 0 Å². The van der Waals surface area contributed by atoms with E-state index in [1.165, 1.54) is 12.3 Å². The number of nitrogens with one attached hydrogen (secondary N) is 1. The first-order chi connectivity index (χ1) is 5.77. The molecule has 0 radical (unpaired) electrons.